The summed E-state index contributed by atoms with van der Waals surface area (Å²) in [6.07, 6.45) is 4.46. The summed E-state index contributed by atoms with van der Waals surface area (Å²) in [7, 11) is 5.52. The fraction of sp³-hybridized carbons (Fsp3) is 0.500. The van der Waals surface area contributed by atoms with Crippen molar-refractivity contribution in [3.63, 3.8) is 0 Å². The third kappa shape index (κ3) is 6.08. The van der Waals surface area contributed by atoms with Crippen LogP contribution in [0.15, 0.2) is 42.5 Å². The van der Waals surface area contributed by atoms with Crippen LogP contribution in [0, 0.1) is 5.82 Å². The molecule has 0 aliphatic carbocycles. The van der Waals surface area contributed by atoms with Crippen LogP contribution in [0.5, 0.6) is 11.5 Å². The van der Waals surface area contributed by atoms with Crippen LogP contribution < -0.4 is 9.47 Å². The van der Waals surface area contributed by atoms with Crippen molar-refractivity contribution in [2.24, 2.45) is 0 Å². The van der Waals surface area contributed by atoms with Gasteiger partial charge in [-0.05, 0) is 86.2 Å². The normalized spacial score (nSPS) is 15.9. The summed E-state index contributed by atoms with van der Waals surface area (Å²) in [6, 6.07) is 13.3. The minimum absolute atomic E-state index is 0.0656. The van der Waals surface area contributed by atoms with Gasteiger partial charge in [-0.1, -0.05) is 18.2 Å². The fourth-order valence-electron chi connectivity index (χ4n) is 3.78. The number of methoxy groups -OCH3 is 2. The second-order valence-corrected chi connectivity index (χ2v) is 10.7. The topological polar surface area (TPSA) is 21.7 Å². The van der Waals surface area contributed by atoms with Crippen LogP contribution >= 0.6 is 23.5 Å². The molecule has 1 aliphatic rings. The maximum absolute atomic E-state index is 13.4. The lowest BCUT2D eigenvalue weighted by atomic mass is 10.1. The molecule has 1 heterocycles. The van der Waals surface area contributed by atoms with Gasteiger partial charge >= 0.3 is 0 Å². The largest absolute Gasteiger partial charge is 0.493 e. The molecule has 6 heteroatoms. The van der Waals surface area contributed by atoms with Crippen LogP contribution in [0.1, 0.15) is 30.4 Å². The highest BCUT2D eigenvalue weighted by Gasteiger charge is 2.35. The Hall–Kier alpha value is -1.37. The Balaban J connectivity index is 1.52. The number of halogens is 1. The van der Waals surface area contributed by atoms with E-state index in [1.54, 1.807) is 26.4 Å². The van der Waals surface area contributed by atoms with Crippen molar-refractivity contribution >= 4 is 23.5 Å². The zero-order valence-electron chi connectivity index (χ0n) is 18.2. The molecular formula is C24H32FNO2S2. The van der Waals surface area contributed by atoms with Gasteiger partial charge < -0.3 is 14.4 Å². The van der Waals surface area contributed by atoms with Gasteiger partial charge in [0.15, 0.2) is 11.5 Å². The van der Waals surface area contributed by atoms with Crippen molar-refractivity contribution in [2.45, 2.75) is 29.8 Å². The summed E-state index contributed by atoms with van der Waals surface area (Å²) in [6.45, 7) is 2.05. The molecule has 2 aromatic carbocycles. The molecule has 3 nitrogen and oxygen atoms in total. The van der Waals surface area contributed by atoms with Gasteiger partial charge in [-0.2, -0.15) is 0 Å². The number of rotatable bonds is 10. The van der Waals surface area contributed by atoms with Crippen molar-refractivity contribution < 1.29 is 13.9 Å². The number of ether oxygens (including phenoxy) is 2. The van der Waals surface area contributed by atoms with Crippen LogP contribution in [-0.2, 0) is 10.5 Å². The maximum atomic E-state index is 13.4. The summed E-state index contributed by atoms with van der Waals surface area (Å²) < 4.78 is 24.2. The van der Waals surface area contributed by atoms with Crippen LogP contribution in [-0.4, -0.2) is 50.8 Å². The number of hydrogen-bond acceptors (Lipinski definition) is 5. The van der Waals surface area contributed by atoms with Gasteiger partial charge in [0.1, 0.15) is 5.82 Å². The Labute approximate surface area is 188 Å². The Bertz CT molecular complexity index is 794. The molecule has 0 N–H and O–H groups in total. The van der Waals surface area contributed by atoms with E-state index in [1.807, 2.05) is 41.7 Å². The SMILES string of the molecule is COc1ccc(CCN(C)CCCC2(c3ccc(F)cc3)SCCCS2)cc1OC. The Morgan fingerprint density at radius 3 is 2.33 bits per heavy atom. The molecule has 164 valence electrons. The van der Waals surface area contributed by atoms with Gasteiger partial charge in [-0.15, -0.1) is 23.5 Å². The molecule has 2 aromatic rings. The van der Waals surface area contributed by atoms with Crippen molar-refractivity contribution in [1.82, 2.24) is 4.90 Å². The van der Waals surface area contributed by atoms with Gasteiger partial charge in [0.05, 0.1) is 18.3 Å². The molecule has 0 saturated carbocycles. The first-order chi connectivity index (χ1) is 14.6. The molecule has 0 bridgehead atoms. The average Bonchev–Trinajstić information content (AvgIpc) is 2.78. The minimum Gasteiger partial charge on any atom is -0.493 e. The monoisotopic (exact) mass is 449 g/mol. The minimum atomic E-state index is -0.158. The lowest BCUT2D eigenvalue weighted by molar-refractivity contribution is 0.327. The maximum Gasteiger partial charge on any atom is 0.160 e. The third-order valence-corrected chi connectivity index (χ3v) is 9.02. The summed E-state index contributed by atoms with van der Waals surface area (Å²) in [4.78, 5) is 2.40. The van der Waals surface area contributed by atoms with Crippen LogP contribution in [0.25, 0.3) is 0 Å². The Morgan fingerprint density at radius 2 is 1.67 bits per heavy atom. The number of benzene rings is 2. The highest BCUT2D eigenvalue weighted by molar-refractivity contribution is 8.18. The molecule has 0 radical (unpaired) electrons. The first kappa shape index (κ1) is 23.3. The average molecular weight is 450 g/mol. The lowest BCUT2D eigenvalue weighted by Crippen LogP contribution is -2.27. The number of hydrogen-bond donors (Lipinski definition) is 0. The van der Waals surface area contributed by atoms with E-state index in [0.29, 0.717) is 0 Å². The molecule has 0 unspecified atom stereocenters. The van der Waals surface area contributed by atoms with Gasteiger partial charge in [0, 0.05) is 6.54 Å². The van der Waals surface area contributed by atoms with Crippen molar-refractivity contribution in [3.05, 3.63) is 59.4 Å². The first-order valence-corrected chi connectivity index (χ1v) is 12.5. The molecule has 0 amide bonds. The fourth-order valence-corrected chi connectivity index (χ4v) is 7.22. The smallest absolute Gasteiger partial charge is 0.160 e. The van der Waals surface area contributed by atoms with E-state index >= 15 is 0 Å². The molecule has 3 rings (SSSR count). The molecule has 0 aromatic heterocycles. The quantitative estimate of drug-likeness (QED) is 0.454. The molecule has 1 aliphatic heterocycles. The lowest BCUT2D eigenvalue weighted by Gasteiger charge is -2.37. The second-order valence-electron chi connectivity index (χ2n) is 7.66. The van der Waals surface area contributed by atoms with Crippen molar-refractivity contribution in [2.75, 3.05) is 45.9 Å². The number of nitrogens with zero attached hydrogens (tertiary/aromatic N) is 1. The highest BCUT2D eigenvalue weighted by Crippen LogP contribution is 2.53. The number of likely N-dealkylation sites (N-methyl/N-ethyl adjacent to an activating group) is 1. The van der Waals surface area contributed by atoms with E-state index < -0.39 is 0 Å². The van der Waals surface area contributed by atoms with E-state index in [2.05, 4.69) is 24.1 Å². The van der Waals surface area contributed by atoms with Crippen LogP contribution in [0.4, 0.5) is 4.39 Å². The summed E-state index contributed by atoms with van der Waals surface area (Å²) in [5.41, 5.74) is 2.51. The summed E-state index contributed by atoms with van der Waals surface area (Å²) >= 11 is 4.07. The Morgan fingerprint density at radius 1 is 0.967 bits per heavy atom. The molecule has 0 spiro atoms. The van der Waals surface area contributed by atoms with Crippen LogP contribution in [0.2, 0.25) is 0 Å². The van der Waals surface area contributed by atoms with Gasteiger partial charge in [0.25, 0.3) is 0 Å². The van der Waals surface area contributed by atoms with Gasteiger partial charge in [-0.3, -0.25) is 0 Å². The Kier molecular flexibility index (Phi) is 8.78. The second kappa shape index (κ2) is 11.3. The van der Waals surface area contributed by atoms with Crippen molar-refractivity contribution in [1.29, 1.82) is 0 Å². The highest BCUT2D eigenvalue weighted by atomic mass is 32.2. The molecule has 0 atom stereocenters. The predicted molar refractivity (Wildman–Crippen MR) is 128 cm³/mol. The zero-order chi connectivity index (χ0) is 21.4. The van der Waals surface area contributed by atoms with E-state index in [-0.39, 0.29) is 9.90 Å². The zero-order valence-corrected chi connectivity index (χ0v) is 19.8. The van der Waals surface area contributed by atoms with Crippen molar-refractivity contribution in [3.8, 4) is 11.5 Å². The standard InChI is InChI=1S/C24H32FNO2S2/c1-26(15-12-19-6-11-22(27-2)23(18-19)28-3)14-4-13-24(29-16-5-17-30-24)20-7-9-21(25)10-8-20/h6-11,18H,4-5,12-17H2,1-3H3. The molecule has 1 saturated heterocycles. The molecule has 30 heavy (non-hydrogen) atoms. The molecular weight excluding hydrogens is 417 g/mol. The summed E-state index contributed by atoms with van der Waals surface area (Å²) in [5.74, 6) is 3.75. The van der Waals surface area contributed by atoms with Crippen LogP contribution in [0.3, 0.4) is 0 Å². The van der Waals surface area contributed by atoms with E-state index in [4.69, 9.17) is 9.47 Å². The van der Waals surface area contributed by atoms with Gasteiger partial charge in [-0.25, -0.2) is 4.39 Å². The summed E-state index contributed by atoms with van der Waals surface area (Å²) in [5, 5.41) is 0. The predicted octanol–water partition coefficient (Wildman–Crippen LogP) is 5.82. The third-order valence-electron chi connectivity index (χ3n) is 5.52. The first-order valence-electron chi connectivity index (χ1n) is 10.5. The number of thioether (sulfide) groups is 2. The van der Waals surface area contributed by atoms with E-state index in [1.165, 1.54) is 29.1 Å². The van der Waals surface area contributed by atoms with E-state index in [9.17, 15) is 4.39 Å². The molecule has 1 fully saturated rings. The van der Waals surface area contributed by atoms with E-state index in [0.717, 1.165) is 43.9 Å². The van der Waals surface area contributed by atoms with Gasteiger partial charge in [0.2, 0.25) is 0 Å².